The van der Waals surface area contributed by atoms with Crippen LogP contribution in [0.5, 0.6) is 0 Å². The second-order valence-corrected chi connectivity index (χ2v) is 7.74. The van der Waals surface area contributed by atoms with E-state index in [-0.39, 0.29) is 16.9 Å². The molecule has 1 aromatic rings. The van der Waals surface area contributed by atoms with Crippen LogP contribution in [-0.2, 0) is 0 Å². The molecule has 0 spiro atoms. The quantitative estimate of drug-likeness (QED) is 0.754. The summed E-state index contributed by atoms with van der Waals surface area (Å²) in [5.41, 5.74) is 10.6. The third kappa shape index (κ3) is 3.65. The number of hydrogen-bond donors (Lipinski definition) is 1. The van der Waals surface area contributed by atoms with Gasteiger partial charge < -0.3 is 5.73 Å². The summed E-state index contributed by atoms with van der Waals surface area (Å²) >= 11 is 0. The standard InChI is InChI=1S/C20H29N/c1-15-13-17(16-9-7-6-8-10-16)14-18(21)20(4,5)12-11-19(15,2)3/h6-10,13,18H,1,11-12,14,21H2,2-5H3/b17-13+. The number of nitrogens with two attached hydrogens (primary N) is 1. The Morgan fingerprint density at radius 2 is 1.67 bits per heavy atom. The van der Waals surface area contributed by atoms with E-state index in [0.29, 0.717) is 0 Å². The average molecular weight is 283 g/mol. The lowest BCUT2D eigenvalue weighted by molar-refractivity contribution is 0.227. The van der Waals surface area contributed by atoms with Crippen LogP contribution in [0, 0.1) is 10.8 Å². The minimum atomic E-state index is 0.126. The maximum Gasteiger partial charge on any atom is 0.0131 e. The molecule has 0 fully saturated rings. The van der Waals surface area contributed by atoms with Gasteiger partial charge in [0, 0.05) is 6.04 Å². The highest BCUT2D eigenvalue weighted by molar-refractivity contribution is 5.69. The third-order valence-electron chi connectivity index (χ3n) is 5.20. The Kier molecular flexibility index (Phi) is 4.43. The first-order valence-electron chi connectivity index (χ1n) is 7.93. The van der Waals surface area contributed by atoms with Crippen LogP contribution in [-0.4, -0.2) is 6.04 Å². The van der Waals surface area contributed by atoms with Crippen molar-refractivity contribution in [2.75, 3.05) is 0 Å². The van der Waals surface area contributed by atoms with Crippen LogP contribution in [0.2, 0.25) is 0 Å². The highest BCUT2D eigenvalue weighted by atomic mass is 14.7. The maximum absolute atomic E-state index is 6.54. The molecule has 1 nitrogen and oxygen atoms in total. The fourth-order valence-corrected chi connectivity index (χ4v) is 2.81. The summed E-state index contributed by atoms with van der Waals surface area (Å²) < 4.78 is 0. The lowest BCUT2D eigenvalue weighted by Crippen LogP contribution is -2.37. The largest absolute Gasteiger partial charge is 0.327 e. The van der Waals surface area contributed by atoms with Crippen molar-refractivity contribution in [1.29, 1.82) is 0 Å². The van der Waals surface area contributed by atoms with Gasteiger partial charge in [0.05, 0.1) is 0 Å². The molecule has 0 saturated carbocycles. The van der Waals surface area contributed by atoms with Crippen LogP contribution >= 0.6 is 0 Å². The van der Waals surface area contributed by atoms with E-state index in [2.05, 4.69) is 70.7 Å². The van der Waals surface area contributed by atoms with Crippen LogP contribution in [0.25, 0.3) is 5.57 Å². The molecule has 1 aromatic carbocycles. The van der Waals surface area contributed by atoms with E-state index in [1.54, 1.807) is 0 Å². The minimum Gasteiger partial charge on any atom is -0.327 e. The van der Waals surface area contributed by atoms with Crippen LogP contribution in [0.15, 0.2) is 48.6 Å². The first-order valence-corrected chi connectivity index (χ1v) is 7.93. The van der Waals surface area contributed by atoms with Crippen molar-refractivity contribution >= 4 is 5.57 Å². The molecule has 0 aromatic heterocycles. The van der Waals surface area contributed by atoms with Crippen molar-refractivity contribution in [3.63, 3.8) is 0 Å². The molecule has 1 heteroatoms. The molecule has 0 amide bonds. The van der Waals surface area contributed by atoms with Gasteiger partial charge in [-0.25, -0.2) is 0 Å². The Hall–Kier alpha value is -1.34. The second-order valence-electron chi connectivity index (χ2n) is 7.74. The maximum atomic E-state index is 6.54. The zero-order chi connectivity index (χ0) is 15.7. The third-order valence-corrected chi connectivity index (χ3v) is 5.20. The molecule has 0 bridgehead atoms. The fourth-order valence-electron chi connectivity index (χ4n) is 2.81. The Morgan fingerprint density at radius 3 is 2.29 bits per heavy atom. The molecule has 1 aliphatic carbocycles. The van der Waals surface area contributed by atoms with Gasteiger partial charge in [0.2, 0.25) is 0 Å². The Morgan fingerprint density at radius 1 is 1.05 bits per heavy atom. The summed E-state index contributed by atoms with van der Waals surface area (Å²) in [4.78, 5) is 0. The molecule has 0 radical (unpaired) electrons. The summed E-state index contributed by atoms with van der Waals surface area (Å²) in [5.74, 6) is 0. The monoisotopic (exact) mass is 283 g/mol. The smallest absolute Gasteiger partial charge is 0.0131 e. The Bertz CT molecular complexity index is 534. The van der Waals surface area contributed by atoms with Gasteiger partial charge in [-0.05, 0) is 46.8 Å². The van der Waals surface area contributed by atoms with E-state index in [4.69, 9.17) is 5.73 Å². The Balaban J connectivity index is 2.45. The summed E-state index contributed by atoms with van der Waals surface area (Å²) in [5, 5.41) is 0. The van der Waals surface area contributed by atoms with Crippen LogP contribution in [0.1, 0.15) is 52.5 Å². The first kappa shape index (κ1) is 16.0. The summed E-state index contributed by atoms with van der Waals surface area (Å²) in [7, 11) is 0. The van der Waals surface area contributed by atoms with Gasteiger partial charge in [0.15, 0.2) is 0 Å². The van der Waals surface area contributed by atoms with Gasteiger partial charge >= 0.3 is 0 Å². The number of hydrogen-bond acceptors (Lipinski definition) is 1. The fraction of sp³-hybridized carbons (Fsp3) is 0.500. The molecule has 2 rings (SSSR count). The van der Waals surface area contributed by atoms with Crippen molar-refractivity contribution in [1.82, 2.24) is 0 Å². The molecular formula is C20H29N. The summed E-state index contributed by atoms with van der Waals surface area (Å²) in [6.45, 7) is 13.5. The van der Waals surface area contributed by atoms with Crippen molar-refractivity contribution in [3.05, 3.63) is 54.1 Å². The first-order chi connectivity index (χ1) is 9.72. The predicted molar refractivity (Wildman–Crippen MR) is 92.9 cm³/mol. The van der Waals surface area contributed by atoms with Crippen LogP contribution < -0.4 is 5.73 Å². The van der Waals surface area contributed by atoms with Gasteiger partial charge in [-0.2, -0.15) is 0 Å². The number of rotatable bonds is 1. The van der Waals surface area contributed by atoms with Crippen molar-refractivity contribution in [2.24, 2.45) is 16.6 Å². The van der Waals surface area contributed by atoms with E-state index in [9.17, 15) is 0 Å². The van der Waals surface area contributed by atoms with Crippen molar-refractivity contribution < 1.29 is 0 Å². The number of allylic oxidation sites excluding steroid dienone is 2. The summed E-state index contributed by atoms with van der Waals surface area (Å²) in [6, 6.07) is 10.8. The molecule has 0 aliphatic heterocycles. The lowest BCUT2D eigenvalue weighted by Gasteiger charge is -2.34. The predicted octanol–water partition coefficient (Wildman–Crippen LogP) is 5.19. The SMILES string of the molecule is C=C1/C=C(/c2ccccc2)CC(N)C(C)(C)CCC1(C)C. The average Bonchev–Trinajstić information content (AvgIpc) is 2.47. The molecule has 2 N–H and O–H groups in total. The van der Waals surface area contributed by atoms with Crippen LogP contribution in [0.4, 0.5) is 0 Å². The zero-order valence-corrected chi connectivity index (χ0v) is 13.9. The van der Waals surface area contributed by atoms with Gasteiger partial charge in [0.1, 0.15) is 0 Å². The van der Waals surface area contributed by atoms with Gasteiger partial charge in [-0.15, -0.1) is 0 Å². The molecule has 0 saturated heterocycles. The molecule has 21 heavy (non-hydrogen) atoms. The Labute approximate surface area is 129 Å². The van der Waals surface area contributed by atoms with Crippen molar-refractivity contribution in [2.45, 2.75) is 53.0 Å². The van der Waals surface area contributed by atoms with E-state index < -0.39 is 0 Å². The van der Waals surface area contributed by atoms with Gasteiger partial charge in [-0.3, -0.25) is 0 Å². The lowest BCUT2D eigenvalue weighted by atomic mass is 9.73. The zero-order valence-electron chi connectivity index (χ0n) is 13.9. The molecule has 114 valence electrons. The second kappa shape index (κ2) is 5.81. The van der Waals surface area contributed by atoms with Crippen molar-refractivity contribution in [3.8, 4) is 0 Å². The topological polar surface area (TPSA) is 26.0 Å². The highest BCUT2D eigenvalue weighted by Crippen LogP contribution is 2.42. The normalized spacial score (nSPS) is 28.0. The highest BCUT2D eigenvalue weighted by Gasteiger charge is 2.32. The van der Waals surface area contributed by atoms with E-state index >= 15 is 0 Å². The van der Waals surface area contributed by atoms with E-state index in [1.807, 2.05) is 0 Å². The number of benzene rings is 1. The molecule has 1 aliphatic rings. The molecule has 1 atom stereocenters. The van der Waals surface area contributed by atoms with Gasteiger partial charge in [-0.1, -0.05) is 70.7 Å². The molecule has 1 unspecified atom stereocenters. The van der Waals surface area contributed by atoms with E-state index in [1.165, 1.54) is 16.7 Å². The molecular weight excluding hydrogens is 254 g/mol. The van der Waals surface area contributed by atoms with Gasteiger partial charge in [0.25, 0.3) is 0 Å². The summed E-state index contributed by atoms with van der Waals surface area (Å²) in [6.07, 6.45) is 5.45. The minimum absolute atomic E-state index is 0.126. The van der Waals surface area contributed by atoms with E-state index in [0.717, 1.165) is 19.3 Å². The van der Waals surface area contributed by atoms with Crippen LogP contribution in [0.3, 0.4) is 0 Å². The molecule has 0 heterocycles.